The first-order chi connectivity index (χ1) is 7.69. The SMILES string of the molecule is CNCc1c(S)cc(OC)c(OC)c1OC. The van der Waals surface area contributed by atoms with Crippen molar-refractivity contribution in [2.24, 2.45) is 0 Å². The lowest BCUT2D eigenvalue weighted by molar-refractivity contribution is 0.320. The highest BCUT2D eigenvalue weighted by molar-refractivity contribution is 7.80. The van der Waals surface area contributed by atoms with Crippen LogP contribution >= 0.6 is 12.6 Å². The van der Waals surface area contributed by atoms with Crippen LogP contribution in [-0.2, 0) is 6.54 Å². The van der Waals surface area contributed by atoms with E-state index < -0.39 is 0 Å². The van der Waals surface area contributed by atoms with E-state index in [9.17, 15) is 0 Å². The summed E-state index contributed by atoms with van der Waals surface area (Å²) in [6, 6.07) is 1.82. The average molecular weight is 243 g/mol. The number of benzene rings is 1. The summed E-state index contributed by atoms with van der Waals surface area (Å²) in [5, 5.41) is 3.06. The maximum absolute atomic E-state index is 5.35. The Labute approximate surface area is 101 Å². The summed E-state index contributed by atoms with van der Waals surface area (Å²) >= 11 is 4.41. The highest BCUT2D eigenvalue weighted by Gasteiger charge is 2.18. The molecule has 90 valence electrons. The van der Waals surface area contributed by atoms with E-state index in [1.54, 1.807) is 21.3 Å². The van der Waals surface area contributed by atoms with Crippen LogP contribution in [0.1, 0.15) is 5.56 Å². The third-order valence-electron chi connectivity index (χ3n) is 2.26. The number of nitrogens with one attached hydrogen (secondary N) is 1. The van der Waals surface area contributed by atoms with Gasteiger partial charge in [0.2, 0.25) is 5.75 Å². The van der Waals surface area contributed by atoms with Crippen molar-refractivity contribution in [3.8, 4) is 17.2 Å². The molecule has 0 aliphatic rings. The van der Waals surface area contributed by atoms with Crippen molar-refractivity contribution in [3.63, 3.8) is 0 Å². The summed E-state index contributed by atoms with van der Waals surface area (Å²) < 4.78 is 15.9. The highest BCUT2D eigenvalue weighted by Crippen LogP contribution is 2.42. The van der Waals surface area contributed by atoms with Gasteiger partial charge in [-0.15, -0.1) is 12.6 Å². The molecule has 0 saturated carbocycles. The minimum Gasteiger partial charge on any atom is -0.493 e. The Morgan fingerprint density at radius 3 is 2.19 bits per heavy atom. The lowest BCUT2D eigenvalue weighted by Crippen LogP contribution is -2.09. The van der Waals surface area contributed by atoms with Gasteiger partial charge in [0.05, 0.1) is 21.3 Å². The molecular formula is C11H17NO3S. The van der Waals surface area contributed by atoms with Crippen LogP contribution in [0.5, 0.6) is 17.2 Å². The predicted octanol–water partition coefficient (Wildman–Crippen LogP) is 1.72. The largest absolute Gasteiger partial charge is 0.493 e. The summed E-state index contributed by atoms with van der Waals surface area (Å²) in [6.45, 7) is 0.655. The van der Waals surface area contributed by atoms with Gasteiger partial charge in [0.15, 0.2) is 11.5 Å². The van der Waals surface area contributed by atoms with Gasteiger partial charge in [0, 0.05) is 17.0 Å². The Hall–Kier alpha value is -1.07. The van der Waals surface area contributed by atoms with E-state index in [4.69, 9.17) is 14.2 Å². The van der Waals surface area contributed by atoms with Crippen LogP contribution in [0.25, 0.3) is 0 Å². The first kappa shape index (κ1) is 13.0. The summed E-state index contributed by atoms with van der Waals surface area (Å²) in [5.41, 5.74) is 0.950. The second-order valence-electron chi connectivity index (χ2n) is 3.17. The number of hydrogen-bond donors (Lipinski definition) is 2. The molecule has 0 heterocycles. The zero-order valence-corrected chi connectivity index (χ0v) is 10.9. The Kier molecular flexibility index (Phi) is 4.76. The van der Waals surface area contributed by atoms with Crippen molar-refractivity contribution in [2.45, 2.75) is 11.4 Å². The van der Waals surface area contributed by atoms with E-state index in [1.807, 2.05) is 13.1 Å². The normalized spacial score (nSPS) is 10.1. The molecule has 1 aromatic carbocycles. The molecule has 1 aromatic rings. The molecule has 1 N–H and O–H groups in total. The summed E-state index contributed by atoms with van der Waals surface area (Å²) in [7, 11) is 6.64. The lowest BCUT2D eigenvalue weighted by atomic mass is 10.1. The predicted molar refractivity (Wildman–Crippen MR) is 66.1 cm³/mol. The van der Waals surface area contributed by atoms with Crippen LogP contribution in [0, 0.1) is 0 Å². The van der Waals surface area contributed by atoms with Gasteiger partial charge < -0.3 is 19.5 Å². The lowest BCUT2D eigenvalue weighted by Gasteiger charge is -2.17. The number of rotatable bonds is 5. The number of hydrogen-bond acceptors (Lipinski definition) is 5. The Bertz CT molecular complexity index is 369. The number of ether oxygens (including phenoxy) is 3. The van der Waals surface area contributed by atoms with E-state index >= 15 is 0 Å². The van der Waals surface area contributed by atoms with Gasteiger partial charge in [-0.05, 0) is 13.1 Å². The molecule has 0 saturated heterocycles. The van der Waals surface area contributed by atoms with E-state index in [0.717, 1.165) is 10.5 Å². The maximum atomic E-state index is 5.35. The van der Waals surface area contributed by atoms with Crippen molar-refractivity contribution in [1.82, 2.24) is 5.32 Å². The van der Waals surface area contributed by atoms with E-state index in [-0.39, 0.29) is 0 Å². The molecule has 5 heteroatoms. The Balaban J connectivity index is 3.38. The molecule has 0 spiro atoms. The summed E-state index contributed by atoms with van der Waals surface area (Å²) in [5.74, 6) is 1.86. The van der Waals surface area contributed by atoms with E-state index in [1.165, 1.54) is 0 Å². The molecule has 0 aliphatic carbocycles. The molecule has 1 rings (SSSR count). The van der Waals surface area contributed by atoms with Crippen molar-refractivity contribution in [1.29, 1.82) is 0 Å². The summed E-state index contributed by atoms with van der Waals surface area (Å²) in [6.07, 6.45) is 0. The quantitative estimate of drug-likeness (QED) is 0.773. The molecule has 0 aliphatic heterocycles. The van der Waals surface area contributed by atoms with Crippen LogP contribution in [0.4, 0.5) is 0 Å². The molecule has 0 amide bonds. The third-order valence-corrected chi connectivity index (χ3v) is 2.66. The van der Waals surface area contributed by atoms with Crippen molar-refractivity contribution < 1.29 is 14.2 Å². The molecule has 0 radical (unpaired) electrons. The fourth-order valence-corrected chi connectivity index (χ4v) is 1.85. The van der Waals surface area contributed by atoms with Gasteiger partial charge in [-0.1, -0.05) is 0 Å². The van der Waals surface area contributed by atoms with Gasteiger partial charge in [-0.25, -0.2) is 0 Å². The van der Waals surface area contributed by atoms with E-state index in [0.29, 0.717) is 23.8 Å². The number of thiol groups is 1. The monoisotopic (exact) mass is 243 g/mol. The molecule has 0 aromatic heterocycles. The fourth-order valence-electron chi connectivity index (χ4n) is 1.55. The molecule has 0 bridgehead atoms. The summed E-state index contributed by atoms with van der Waals surface area (Å²) in [4.78, 5) is 0.809. The molecule has 0 atom stereocenters. The van der Waals surface area contributed by atoms with Crippen LogP contribution in [0.15, 0.2) is 11.0 Å². The first-order valence-corrected chi connectivity index (χ1v) is 5.29. The van der Waals surface area contributed by atoms with E-state index in [2.05, 4.69) is 17.9 Å². The topological polar surface area (TPSA) is 39.7 Å². The van der Waals surface area contributed by atoms with Crippen molar-refractivity contribution >= 4 is 12.6 Å². The maximum Gasteiger partial charge on any atom is 0.203 e. The zero-order valence-electron chi connectivity index (χ0n) is 9.96. The fraction of sp³-hybridized carbons (Fsp3) is 0.455. The smallest absolute Gasteiger partial charge is 0.203 e. The van der Waals surface area contributed by atoms with Gasteiger partial charge in [0.1, 0.15) is 0 Å². The molecule has 0 unspecified atom stereocenters. The van der Waals surface area contributed by atoms with Crippen molar-refractivity contribution in [2.75, 3.05) is 28.4 Å². The molecule has 4 nitrogen and oxygen atoms in total. The van der Waals surface area contributed by atoms with Gasteiger partial charge in [-0.3, -0.25) is 0 Å². The zero-order chi connectivity index (χ0) is 12.1. The van der Waals surface area contributed by atoms with Crippen LogP contribution in [0.3, 0.4) is 0 Å². The minimum atomic E-state index is 0.591. The van der Waals surface area contributed by atoms with Crippen molar-refractivity contribution in [3.05, 3.63) is 11.6 Å². The van der Waals surface area contributed by atoms with Crippen LogP contribution in [-0.4, -0.2) is 28.4 Å². The van der Waals surface area contributed by atoms with Gasteiger partial charge in [-0.2, -0.15) is 0 Å². The van der Waals surface area contributed by atoms with Gasteiger partial charge in [0.25, 0.3) is 0 Å². The second-order valence-corrected chi connectivity index (χ2v) is 3.66. The van der Waals surface area contributed by atoms with Gasteiger partial charge >= 0.3 is 0 Å². The standard InChI is InChI=1S/C11H17NO3S/c1-12-6-7-9(16)5-8(13-2)11(15-4)10(7)14-3/h5,12,16H,6H2,1-4H3. The van der Waals surface area contributed by atoms with Crippen LogP contribution in [0.2, 0.25) is 0 Å². The molecule has 16 heavy (non-hydrogen) atoms. The molecule has 0 fully saturated rings. The highest BCUT2D eigenvalue weighted by atomic mass is 32.1. The second kappa shape index (κ2) is 5.86. The van der Waals surface area contributed by atoms with Crippen LogP contribution < -0.4 is 19.5 Å². The Morgan fingerprint density at radius 2 is 1.75 bits per heavy atom. The first-order valence-electron chi connectivity index (χ1n) is 4.85. The average Bonchev–Trinajstić information content (AvgIpc) is 2.30. The Morgan fingerprint density at radius 1 is 1.12 bits per heavy atom. The third kappa shape index (κ3) is 2.36. The molecular weight excluding hydrogens is 226 g/mol. The minimum absolute atomic E-state index is 0.591. The number of methoxy groups -OCH3 is 3.